The number of aromatic hydroxyl groups is 2. The van der Waals surface area contributed by atoms with E-state index in [1.54, 1.807) is 0 Å². The average Bonchev–Trinajstić information content (AvgIpc) is 3.13. The number of para-hydroxylation sites is 1. The Kier molecular flexibility index (Phi) is 3.36. The smallest absolute Gasteiger partial charge is 0.255 e. The van der Waals surface area contributed by atoms with Crippen LogP contribution >= 0.6 is 0 Å². The summed E-state index contributed by atoms with van der Waals surface area (Å²) in [5, 5.41) is 23.8. The first kappa shape index (κ1) is 12.2. The average molecular weight is 250 g/mol. The number of carbonyl (C=O) groups excluding carboxylic acids is 2. The fourth-order valence-electron chi connectivity index (χ4n) is 1.48. The van der Waals surface area contributed by atoms with Crippen LogP contribution in [-0.4, -0.2) is 34.6 Å². The van der Waals surface area contributed by atoms with Gasteiger partial charge in [-0.15, -0.1) is 0 Å². The van der Waals surface area contributed by atoms with Crippen molar-refractivity contribution in [2.75, 3.05) is 6.54 Å². The maximum absolute atomic E-state index is 11.7. The van der Waals surface area contributed by atoms with Crippen LogP contribution < -0.4 is 10.6 Å². The van der Waals surface area contributed by atoms with E-state index < -0.39 is 11.7 Å². The molecule has 1 saturated carbocycles. The van der Waals surface area contributed by atoms with E-state index in [1.165, 1.54) is 18.2 Å². The van der Waals surface area contributed by atoms with Crippen molar-refractivity contribution >= 4 is 11.8 Å². The third kappa shape index (κ3) is 2.91. The number of hydrogen-bond acceptors (Lipinski definition) is 4. The van der Waals surface area contributed by atoms with Crippen molar-refractivity contribution in [3.63, 3.8) is 0 Å². The molecule has 1 fully saturated rings. The van der Waals surface area contributed by atoms with Gasteiger partial charge in [-0.2, -0.15) is 0 Å². The second-order valence-electron chi connectivity index (χ2n) is 4.20. The molecule has 18 heavy (non-hydrogen) atoms. The van der Waals surface area contributed by atoms with E-state index in [0.29, 0.717) is 0 Å². The molecule has 4 N–H and O–H groups in total. The molecule has 96 valence electrons. The zero-order valence-corrected chi connectivity index (χ0v) is 9.64. The largest absolute Gasteiger partial charge is 0.504 e. The van der Waals surface area contributed by atoms with Gasteiger partial charge >= 0.3 is 0 Å². The van der Waals surface area contributed by atoms with Gasteiger partial charge in [-0.25, -0.2) is 0 Å². The Morgan fingerprint density at radius 1 is 1.28 bits per heavy atom. The molecule has 2 amide bonds. The van der Waals surface area contributed by atoms with Gasteiger partial charge in [0.05, 0.1) is 12.1 Å². The molecule has 0 spiro atoms. The third-order valence-electron chi connectivity index (χ3n) is 2.61. The van der Waals surface area contributed by atoms with Crippen LogP contribution in [0.4, 0.5) is 0 Å². The number of rotatable bonds is 4. The Labute approximate surface area is 104 Å². The summed E-state index contributed by atoms with van der Waals surface area (Å²) in [6.45, 7) is -0.148. The molecule has 0 saturated heterocycles. The fourth-order valence-corrected chi connectivity index (χ4v) is 1.48. The SMILES string of the molecule is O=C(CNC(=O)c1cccc(O)c1O)NC1CC1. The highest BCUT2D eigenvalue weighted by Gasteiger charge is 2.23. The second kappa shape index (κ2) is 4.95. The van der Waals surface area contributed by atoms with Gasteiger partial charge in [0.2, 0.25) is 5.91 Å². The number of amides is 2. The van der Waals surface area contributed by atoms with Gasteiger partial charge in [0.25, 0.3) is 5.91 Å². The highest BCUT2D eigenvalue weighted by Crippen LogP contribution is 2.27. The van der Waals surface area contributed by atoms with Crippen molar-refractivity contribution in [2.45, 2.75) is 18.9 Å². The van der Waals surface area contributed by atoms with Crippen molar-refractivity contribution in [1.29, 1.82) is 0 Å². The number of nitrogens with one attached hydrogen (secondary N) is 2. The number of phenolic OH excluding ortho intramolecular Hbond substituents is 2. The highest BCUT2D eigenvalue weighted by molar-refractivity contribution is 5.99. The van der Waals surface area contributed by atoms with Crippen molar-refractivity contribution in [1.82, 2.24) is 10.6 Å². The standard InChI is InChI=1S/C12H14N2O4/c15-9-3-1-2-8(11(9)17)12(18)13-6-10(16)14-7-4-5-7/h1-3,7,15,17H,4-6H2,(H,13,18)(H,14,16). The summed E-state index contributed by atoms with van der Waals surface area (Å²) in [5.41, 5.74) is -0.0609. The fraction of sp³-hybridized carbons (Fsp3) is 0.333. The Hall–Kier alpha value is -2.24. The van der Waals surface area contributed by atoms with Crippen molar-refractivity contribution < 1.29 is 19.8 Å². The normalized spacial score (nSPS) is 14.0. The number of hydrogen-bond donors (Lipinski definition) is 4. The van der Waals surface area contributed by atoms with Gasteiger partial charge in [-0.1, -0.05) is 6.07 Å². The summed E-state index contributed by atoms with van der Waals surface area (Å²) in [7, 11) is 0. The van der Waals surface area contributed by atoms with E-state index in [4.69, 9.17) is 0 Å². The van der Waals surface area contributed by atoms with Gasteiger partial charge in [-0.3, -0.25) is 9.59 Å². The first-order valence-corrected chi connectivity index (χ1v) is 5.66. The van der Waals surface area contributed by atoms with Gasteiger partial charge in [0.1, 0.15) is 0 Å². The van der Waals surface area contributed by atoms with E-state index in [2.05, 4.69) is 10.6 Å². The Morgan fingerprint density at radius 3 is 2.67 bits per heavy atom. The van der Waals surface area contributed by atoms with Crippen LogP contribution in [0, 0.1) is 0 Å². The quantitative estimate of drug-likeness (QED) is 0.570. The van der Waals surface area contributed by atoms with Crippen LogP contribution in [0.3, 0.4) is 0 Å². The summed E-state index contributed by atoms with van der Waals surface area (Å²) in [5.74, 6) is -1.72. The second-order valence-corrected chi connectivity index (χ2v) is 4.20. The van der Waals surface area contributed by atoms with E-state index in [1.807, 2.05) is 0 Å². The molecule has 1 aliphatic rings. The van der Waals surface area contributed by atoms with Gasteiger partial charge in [-0.05, 0) is 25.0 Å². The highest BCUT2D eigenvalue weighted by atomic mass is 16.3. The molecule has 1 aromatic rings. The molecule has 0 heterocycles. The lowest BCUT2D eigenvalue weighted by Gasteiger charge is -2.07. The molecule has 1 aliphatic carbocycles. The Bertz CT molecular complexity index is 483. The zero-order chi connectivity index (χ0) is 13.1. The van der Waals surface area contributed by atoms with E-state index >= 15 is 0 Å². The van der Waals surface area contributed by atoms with E-state index in [9.17, 15) is 19.8 Å². The molecule has 0 aromatic heterocycles. The number of carbonyl (C=O) groups is 2. The van der Waals surface area contributed by atoms with Crippen LogP contribution in [0.5, 0.6) is 11.5 Å². The minimum Gasteiger partial charge on any atom is -0.504 e. The lowest BCUT2D eigenvalue weighted by molar-refractivity contribution is -0.120. The minimum absolute atomic E-state index is 0.0609. The van der Waals surface area contributed by atoms with Crippen LogP contribution in [0.2, 0.25) is 0 Å². The van der Waals surface area contributed by atoms with Crippen LogP contribution in [-0.2, 0) is 4.79 Å². The molecule has 1 aromatic carbocycles. The zero-order valence-electron chi connectivity index (χ0n) is 9.64. The van der Waals surface area contributed by atoms with Crippen molar-refractivity contribution in [3.8, 4) is 11.5 Å². The molecule has 0 bridgehead atoms. The molecule has 0 atom stereocenters. The minimum atomic E-state index is -0.602. The molecule has 6 heteroatoms. The first-order valence-electron chi connectivity index (χ1n) is 5.66. The Morgan fingerprint density at radius 2 is 2.00 bits per heavy atom. The molecule has 0 radical (unpaired) electrons. The van der Waals surface area contributed by atoms with E-state index in [-0.39, 0.29) is 29.8 Å². The van der Waals surface area contributed by atoms with Crippen LogP contribution in [0.25, 0.3) is 0 Å². The van der Waals surface area contributed by atoms with Gasteiger partial charge in [0, 0.05) is 6.04 Å². The Balaban J connectivity index is 1.90. The molecular weight excluding hydrogens is 236 g/mol. The number of benzene rings is 1. The van der Waals surface area contributed by atoms with E-state index in [0.717, 1.165) is 12.8 Å². The maximum atomic E-state index is 11.7. The van der Waals surface area contributed by atoms with Crippen molar-refractivity contribution in [3.05, 3.63) is 23.8 Å². The summed E-state index contributed by atoms with van der Waals surface area (Å²) < 4.78 is 0. The lowest BCUT2D eigenvalue weighted by atomic mass is 10.1. The topological polar surface area (TPSA) is 98.7 Å². The molecule has 0 unspecified atom stereocenters. The maximum Gasteiger partial charge on any atom is 0.255 e. The predicted octanol–water partition coefficient (Wildman–Crippen LogP) is 0.106. The van der Waals surface area contributed by atoms with Gasteiger partial charge in [0.15, 0.2) is 11.5 Å². The first-order chi connectivity index (χ1) is 8.58. The molecular formula is C12H14N2O4. The molecule has 0 aliphatic heterocycles. The summed E-state index contributed by atoms with van der Waals surface area (Å²) >= 11 is 0. The van der Waals surface area contributed by atoms with Crippen molar-refractivity contribution in [2.24, 2.45) is 0 Å². The van der Waals surface area contributed by atoms with Gasteiger partial charge < -0.3 is 20.8 Å². The number of phenols is 2. The summed E-state index contributed by atoms with van der Waals surface area (Å²) in [6.07, 6.45) is 1.96. The predicted molar refractivity (Wildman–Crippen MR) is 63.3 cm³/mol. The van der Waals surface area contributed by atoms with Crippen LogP contribution in [0.1, 0.15) is 23.2 Å². The molecule has 2 rings (SSSR count). The van der Waals surface area contributed by atoms with Crippen LogP contribution in [0.15, 0.2) is 18.2 Å². The summed E-state index contributed by atoms with van der Waals surface area (Å²) in [6, 6.07) is 4.31. The summed E-state index contributed by atoms with van der Waals surface area (Å²) in [4.78, 5) is 23.0. The lowest BCUT2D eigenvalue weighted by Crippen LogP contribution is -2.37. The molecule has 6 nitrogen and oxygen atoms in total. The third-order valence-corrected chi connectivity index (χ3v) is 2.61. The monoisotopic (exact) mass is 250 g/mol.